The second-order valence-corrected chi connectivity index (χ2v) is 7.00. The van der Waals surface area contributed by atoms with E-state index in [4.69, 9.17) is 14.7 Å². The van der Waals surface area contributed by atoms with Crippen LogP contribution in [0.4, 0.5) is 4.39 Å². The predicted octanol–water partition coefficient (Wildman–Crippen LogP) is 3.79. The Bertz CT molecular complexity index is 1330. The summed E-state index contributed by atoms with van der Waals surface area (Å²) in [4.78, 5) is 8.34. The summed E-state index contributed by atoms with van der Waals surface area (Å²) < 4.78 is 26.5. The van der Waals surface area contributed by atoms with Gasteiger partial charge in [0.05, 0.1) is 37.1 Å². The minimum atomic E-state index is -0.407. The van der Waals surface area contributed by atoms with Crippen LogP contribution < -0.4 is 9.47 Å². The molecule has 32 heavy (non-hydrogen) atoms. The van der Waals surface area contributed by atoms with Gasteiger partial charge >= 0.3 is 6.01 Å². The van der Waals surface area contributed by atoms with Gasteiger partial charge in [-0.05, 0) is 31.2 Å². The number of aromatic nitrogens is 5. The number of halogens is 1. The van der Waals surface area contributed by atoms with Crippen LogP contribution in [0.1, 0.15) is 16.8 Å². The van der Waals surface area contributed by atoms with Crippen LogP contribution in [0.2, 0.25) is 0 Å². The average molecular weight is 430 g/mol. The van der Waals surface area contributed by atoms with Crippen LogP contribution in [0.5, 0.6) is 11.9 Å². The molecule has 0 atom stereocenters. The van der Waals surface area contributed by atoms with E-state index in [0.717, 1.165) is 16.8 Å². The third-order valence-corrected chi connectivity index (χ3v) is 4.96. The van der Waals surface area contributed by atoms with Gasteiger partial charge in [-0.3, -0.25) is 0 Å². The quantitative estimate of drug-likeness (QED) is 0.459. The van der Waals surface area contributed by atoms with Crippen molar-refractivity contribution < 1.29 is 13.9 Å². The molecule has 0 saturated heterocycles. The van der Waals surface area contributed by atoms with Gasteiger partial charge in [-0.25, -0.2) is 9.37 Å². The van der Waals surface area contributed by atoms with E-state index >= 15 is 0 Å². The Labute approximate surface area is 183 Å². The molecule has 4 rings (SSSR count). The highest BCUT2D eigenvalue weighted by atomic mass is 19.1. The number of methoxy groups -OCH3 is 2. The molecule has 8 nitrogen and oxygen atoms in total. The number of hydrogen-bond acceptors (Lipinski definition) is 7. The van der Waals surface area contributed by atoms with Crippen molar-refractivity contribution in [3.63, 3.8) is 0 Å². The van der Waals surface area contributed by atoms with Gasteiger partial charge in [0.25, 0.3) is 0 Å². The molecule has 0 aliphatic carbocycles. The van der Waals surface area contributed by atoms with Crippen molar-refractivity contribution in [3.05, 3.63) is 71.6 Å². The van der Waals surface area contributed by atoms with Crippen molar-refractivity contribution in [1.82, 2.24) is 24.7 Å². The van der Waals surface area contributed by atoms with Crippen molar-refractivity contribution in [3.8, 4) is 40.3 Å². The van der Waals surface area contributed by atoms with Crippen LogP contribution >= 0.6 is 0 Å². The second-order valence-electron chi connectivity index (χ2n) is 7.00. The first-order chi connectivity index (χ1) is 15.5. The summed E-state index contributed by atoms with van der Waals surface area (Å²) in [6, 6.07) is 10.4. The topological polar surface area (TPSA) is 98.7 Å². The normalized spacial score (nSPS) is 10.6. The largest absolute Gasteiger partial charge is 0.480 e. The molecule has 4 aromatic rings. The molecule has 3 heterocycles. The van der Waals surface area contributed by atoms with Crippen LogP contribution in [-0.2, 0) is 6.54 Å². The van der Waals surface area contributed by atoms with Crippen molar-refractivity contribution in [1.29, 1.82) is 5.26 Å². The van der Waals surface area contributed by atoms with Crippen molar-refractivity contribution in [2.24, 2.45) is 0 Å². The highest BCUT2D eigenvalue weighted by Gasteiger charge is 2.15. The third-order valence-electron chi connectivity index (χ3n) is 4.96. The molecule has 0 amide bonds. The number of nitrogens with zero attached hydrogens (tertiary/aromatic N) is 6. The van der Waals surface area contributed by atoms with Gasteiger partial charge in [0.1, 0.15) is 11.5 Å². The molecule has 0 aliphatic heterocycles. The Morgan fingerprint density at radius 3 is 2.66 bits per heavy atom. The average Bonchev–Trinajstić information content (AvgIpc) is 3.28. The van der Waals surface area contributed by atoms with Crippen LogP contribution in [0.25, 0.3) is 22.4 Å². The van der Waals surface area contributed by atoms with Crippen LogP contribution in [0.3, 0.4) is 0 Å². The third kappa shape index (κ3) is 4.11. The minimum Gasteiger partial charge on any atom is -0.480 e. The number of aryl methyl sites for hydroxylation is 1. The lowest BCUT2D eigenvalue weighted by molar-refractivity contribution is 0.353. The lowest BCUT2D eigenvalue weighted by atomic mass is 10.1. The monoisotopic (exact) mass is 430 g/mol. The van der Waals surface area contributed by atoms with E-state index in [1.807, 2.05) is 42.1 Å². The molecule has 160 valence electrons. The maximum absolute atomic E-state index is 14.3. The van der Waals surface area contributed by atoms with E-state index in [9.17, 15) is 4.39 Å². The van der Waals surface area contributed by atoms with Gasteiger partial charge in [-0.15, -0.1) is 5.10 Å². The molecule has 0 radical (unpaired) electrons. The van der Waals surface area contributed by atoms with Gasteiger partial charge in [-0.1, -0.05) is 6.07 Å². The van der Waals surface area contributed by atoms with Crippen molar-refractivity contribution in [2.45, 2.75) is 13.5 Å². The van der Waals surface area contributed by atoms with Gasteiger partial charge in [0, 0.05) is 41.8 Å². The lowest BCUT2D eigenvalue weighted by Gasteiger charge is -2.09. The summed E-state index contributed by atoms with van der Waals surface area (Å²) in [5.41, 5.74) is 4.44. The van der Waals surface area contributed by atoms with Crippen molar-refractivity contribution in [2.75, 3.05) is 14.2 Å². The summed E-state index contributed by atoms with van der Waals surface area (Å²) in [6.45, 7) is 2.20. The van der Waals surface area contributed by atoms with Gasteiger partial charge in [0.15, 0.2) is 0 Å². The molecule has 1 aromatic carbocycles. The van der Waals surface area contributed by atoms with Crippen LogP contribution in [0, 0.1) is 24.1 Å². The van der Waals surface area contributed by atoms with E-state index < -0.39 is 5.82 Å². The Kier molecular flexibility index (Phi) is 5.77. The van der Waals surface area contributed by atoms with Gasteiger partial charge in [0.2, 0.25) is 5.88 Å². The molecule has 0 bridgehead atoms. The molecule has 0 aliphatic rings. The predicted molar refractivity (Wildman–Crippen MR) is 115 cm³/mol. The fourth-order valence-corrected chi connectivity index (χ4v) is 3.30. The zero-order valence-corrected chi connectivity index (χ0v) is 17.7. The fraction of sp³-hybridized carbons (Fsp3) is 0.174. The summed E-state index contributed by atoms with van der Waals surface area (Å²) in [5, 5.41) is 17.5. The van der Waals surface area contributed by atoms with Gasteiger partial charge < -0.3 is 14.0 Å². The summed E-state index contributed by atoms with van der Waals surface area (Å²) >= 11 is 0. The molecule has 3 aromatic heterocycles. The summed E-state index contributed by atoms with van der Waals surface area (Å²) in [5.74, 6) is -0.0789. The number of hydrogen-bond donors (Lipinski definition) is 0. The summed E-state index contributed by atoms with van der Waals surface area (Å²) in [6.07, 6.45) is 5.35. The second kappa shape index (κ2) is 8.81. The van der Waals surface area contributed by atoms with E-state index in [0.29, 0.717) is 34.8 Å². The molecule has 0 saturated carbocycles. The number of nitriles is 1. The molecular weight excluding hydrogens is 411 g/mol. The maximum atomic E-state index is 14.3. The lowest BCUT2D eigenvalue weighted by Crippen LogP contribution is -2.01. The fourth-order valence-electron chi connectivity index (χ4n) is 3.30. The molecule has 0 N–H and O–H groups in total. The first kappa shape index (κ1) is 20.9. The van der Waals surface area contributed by atoms with E-state index in [1.165, 1.54) is 20.3 Å². The first-order valence-electron chi connectivity index (χ1n) is 9.66. The van der Waals surface area contributed by atoms with E-state index in [2.05, 4.69) is 20.2 Å². The number of benzene rings is 1. The Hall–Kier alpha value is -4.32. The maximum Gasteiger partial charge on any atom is 0.319 e. The van der Waals surface area contributed by atoms with E-state index in [-0.39, 0.29) is 6.01 Å². The SMILES string of the molecule is COc1ncc(-c2cc(-c3ccn(Cc4ccc(C#N)cc4F)c3)c(C)nn2)c(OC)n1. The number of ether oxygens (including phenoxy) is 2. The van der Waals surface area contributed by atoms with Crippen LogP contribution in [0.15, 0.2) is 48.9 Å². The Morgan fingerprint density at radius 1 is 1.09 bits per heavy atom. The van der Waals surface area contributed by atoms with E-state index in [1.54, 1.807) is 18.3 Å². The molecule has 0 spiro atoms. The zero-order chi connectivity index (χ0) is 22.7. The van der Waals surface area contributed by atoms with Gasteiger partial charge in [-0.2, -0.15) is 15.3 Å². The zero-order valence-electron chi connectivity index (χ0n) is 17.7. The molecule has 0 fully saturated rings. The minimum absolute atomic E-state index is 0.193. The highest BCUT2D eigenvalue weighted by Crippen LogP contribution is 2.31. The standard InChI is InChI=1S/C23H19FN6O2/c1-14-18(9-21(29-28-14)19-11-26-23(32-3)27-22(19)31-2)16-6-7-30(12-16)13-17-5-4-15(10-25)8-20(17)24/h4-9,11-12H,13H2,1-3H3. The van der Waals surface area contributed by atoms with Crippen molar-refractivity contribution >= 4 is 0 Å². The molecule has 0 unspecified atom stereocenters. The first-order valence-corrected chi connectivity index (χ1v) is 9.66. The smallest absolute Gasteiger partial charge is 0.319 e. The highest BCUT2D eigenvalue weighted by molar-refractivity contribution is 5.73. The molecular formula is C23H19FN6O2. The Balaban J connectivity index is 1.66. The van der Waals surface area contributed by atoms with Crippen LogP contribution in [-0.4, -0.2) is 39.0 Å². The summed E-state index contributed by atoms with van der Waals surface area (Å²) in [7, 11) is 2.99. The Morgan fingerprint density at radius 2 is 1.94 bits per heavy atom. The number of rotatable bonds is 6. The molecule has 9 heteroatoms.